The first-order chi connectivity index (χ1) is 9.58. The van der Waals surface area contributed by atoms with E-state index in [0.717, 1.165) is 24.0 Å². The first-order valence-corrected chi connectivity index (χ1v) is 6.77. The predicted molar refractivity (Wildman–Crippen MR) is 74.4 cm³/mol. The highest BCUT2D eigenvalue weighted by Gasteiger charge is 2.04. The van der Waals surface area contributed by atoms with E-state index in [1.807, 2.05) is 24.6 Å². The third-order valence-electron chi connectivity index (χ3n) is 3.10. The Morgan fingerprint density at radius 3 is 2.50 bits per heavy atom. The van der Waals surface area contributed by atoms with Crippen molar-refractivity contribution in [3.8, 4) is 0 Å². The SMILES string of the molecule is CCn1nc(C)cc1CNCCc1cc(F)cc(F)c1. The summed E-state index contributed by atoms with van der Waals surface area (Å²) in [5, 5.41) is 7.64. The van der Waals surface area contributed by atoms with Gasteiger partial charge >= 0.3 is 0 Å². The fourth-order valence-electron chi connectivity index (χ4n) is 2.22. The molecule has 0 aliphatic heterocycles. The molecule has 1 N–H and O–H groups in total. The first-order valence-electron chi connectivity index (χ1n) is 6.77. The number of hydrogen-bond acceptors (Lipinski definition) is 2. The van der Waals surface area contributed by atoms with Crippen molar-refractivity contribution in [1.29, 1.82) is 0 Å². The van der Waals surface area contributed by atoms with Crippen LogP contribution >= 0.6 is 0 Å². The molecule has 5 heteroatoms. The summed E-state index contributed by atoms with van der Waals surface area (Å²) in [6.45, 7) is 6.21. The molecule has 1 aromatic carbocycles. The van der Waals surface area contributed by atoms with Crippen molar-refractivity contribution in [2.75, 3.05) is 6.54 Å². The molecule has 0 bridgehead atoms. The number of nitrogens with one attached hydrogen (secondary N) is 1. The third kappa shape index (κ3) is 3.87. The molecule has 0 radical (unpaired) electrons. The maximum absolute atomic E-state index is 13.0. The average Bonchev–Trinajstić information content (AvgIpc) is 2.74. The van der Waals surface area contributed by atoms with Gasteiger partial charge in [0.1, 0.15) is 11.6 Å². The highest BCUT2D eigenvalue weighted by Crippen LogP contribution is 2.08. The van der Waals surface area contributed by atoms with Gasteiger partial charge in [-0.15, -0.1) is 0 Å². The quantitative estimate of drug-likeness (QED) is 0.824. The summed E-state index contributed by atoms with van der Waals surface area (Å²) in [4.78, 5) is 0. The summed E-state index contributed by atoms with van der Waals surface area (Å²) >= 11 is 0. The fourth-order valence-corrected chi connectivity index (χ4v) is 2.22. The summed E-state index contributed by atoms with van der Waals surface area (Å²) in [6.07, 6.45) is 0.591. The monoisotopic (exact) mass is 279 g/mol. The van der Waals surface area contributed by atoms with Crippen molar-refractivity contribution in [3.63, 3.8) is 0 Å². The van der Waals surface area contributed by atoms with Crippen LogP contribution in [0.15, 0.2) is 24.3 Å². The van der Waals surface area contributed by atoms with Gasteiger partial charge in [-0.25, -0.2) is 8.78 Å². The van der Waals surface area contributed by atoms with Gasteiger partial charge in [0, 0.05) is 19.2 Å². The topological polar surface area (TPSA) is 29.9 Å². The van der Waals surface area contributed by atoms with E-state index in [2.05, 4.69) is 10.4 Å². The minimum atomic E-state index is -0.528. The molecule has 0 fully saturated rings. The molecule has 0 amide bonds. The molecule has 0 unspecified atom stereocenters. The van der Waals surface area contributed by atoms with Crippen molar-refractivity contribution in [2.45, 2.75) is 33.4 Å². The Kier molecular flexibility index (Phi) is 4.84. The van der Waals surface area contributed by atoms with Crippen LogP contribution in [0.4, 0.5) is 8.78 Å². The first kappa shape index (κ1) is 14.7. The molecule has 2 aromatic rings. The van der Waals surface area contributed by atoms with E-state index >= 15 is 0 Å². The number of rotatable bonds is 6. The normalized spacial score (nSPS) is 11.0. The lowest BCUT2D eigenvalue weighted by atomic mass is 10.1. The largest absolute Gasteiger partial charge is 0.311 e. The van der Waals surface area contributed by atoms with Gasteiger partial charge in [-0.05, 0) is 50.6 Å². The summed E-state index contributed by atoms with van der Waals surface area (Å²) in [5.41, 5.74) is 2.78. The molecule has 0 aliphatic carbocycles. The van der Waals surface area contributed by atoms with E-state index in [1.165, 1.54) is 12.1 Å². The van der Waals surface area contributed by atoms with Crippen LogP contribution in [0.1, 0.15) is 23.9 Å². The number of nitrogens with zero attached hydrogens (tertiary/aromatic N) is 2. The number of halogens is 2. The Hall–Kier alpha value is -1.75. The lowest BCUT2D eigenvalue weighted by molar-refractivity contribution is 0.570. The molecular formula is C15H19F2N3. The van der Waals surface area contributed by atoms with E-state index in [1.54, 1.807) is 0 Å². The molecular weight excluding hydrogens is 260 g/mol. The zero-order chi connectivity index (χ0) is 14.5. The number of benzene rings is 1. The van der Waals surface area contributed by atoms with E-state index in [9.17, 15) is 8.78 Å². The van der Waals surface area contributed by atoms with Crippen LogP contribution in [-0.4, -0.2) is 16.3 Å². The van der Waals surface area contributed by atoms with E-state index in [4.69, 9.17) is 0 Å². The average molecular weight is 279 g/mol. The number of hydrogen-bond donors (Lipinski definition) is 1. The second-order valence-electron chi connectivity index (χ2n) is 4.80. The van der Waals surface area contributed by atoms with Crippen molar-refractivity contribution in [2.24, 2.45) is 0 Å². The minimum absolute atomic E-state index is 0.528. The lowest BCUT2D eigenvalue weighted by Crippen LogP contribution is -2.19. The van der Waals surface area contributed by atoms with Gasteiger partial charge in [-0.2, -0.15) is 5.10 Å². The summed E-state index contributed by atoms with van der Waals surface area (Å²) in [7, 11) is 0. The zero-order valence-corrected chi connectivity index (χ0v) is 11.8. The third-order valence-corrected chi connectivity index (χ3v) is 3.10. The van der Waals surface area contributed by atoms with Crippen LogP contribution in [0.2, 0.25) is 0 Å². The van der Waals surface area contributed by atoms with Crippen LogP contribution < -0.4 is 5.32 Å². The van der Waals surface area contributed by atoms with Gasteiger partial charge < -0.3 is 5.32 Å². The molecule has 0 atom stereocenters. The van der Waals surface area contributed by atoms with Gasteiger partial charge in [0.15, 0.2) is 0 Å². The smallest absolute Gasteiger partial charge is 0.126 e. The van der Waals surface area contributed by atoms with Gasteiger partial charge in [0.25, 0.3) is 0 Å². The van der Waals surface area contributed by atoms with Gasteiger partial charge in [-0.1, -0.05) is 0 Å². The molecule has 0 spiro atoms. The molecule has 20 heavy (non-hydrogen) atoms. The predicted octanol–water partition coefficient (Wildman–Crippen LogP) is 2.82. The highest BCUT2D eigenvalue weighted by molar-refractivity contribution is 5.18. The Labute approximate surface area is 117 Å². The Bertz CT molecular complexity index is 558. The fraction of sp³-hybridized carbons (Fsp3) is 0.400. The van der Waals surface area contributed by atoms with Gasteiger partial charge in [-0.3, -0.25) is 4.68 Å². The maximum atomic E-state index is 13.0. The van der Waals surface area contributed by atoms with E-state index in [-0.39, 0.29) is 0 Å². The second kappa shape index (κ2) is 6.61. The van der Waals surface area contributed by atoms with E-state index in [0.29, 0.717) is 25.1 Å². The molecule has 0 saturated carbocycles. The van der Waals surface area contributed by atoms with Gasteiger partial charge in [0.2, 0.25) is 0 Å². The molecule has 0 saturated heterocycles. The Morgan fingerprint density at radius 2 is 1.85 bits per heavy atom. The minimum Gasteiger partial charge on any atom is -0.311 e. The van der Waals surface area contributed by atoms with Gasteiger partial charge in [0.05, 0.1) is 11.4 Å². The summed E-state index contributed by atoms with van der Waals surface area (Å²) in [6, 6.07) is 5.66. The molecule has 1 aromatic heterocycles. The molecule has 2 rings (SSSR count). The van der Waals surface area contributed by atoms with Crippen molar-refractivity contribution in [3.05, 3.63) is 52.9 Å². The van der Waals surface area contributed by atoms with Crippen LogP contribution in [0.5, 0.6) is 0 Å². The zero-order valence-electron chi connectivity index (χ0n) is 11.8. The van der Waals surface area contributed by atoms with Crippen molar-refractivity contribution < 1.29 is 8.78 Å². The Morgan fingerprint density at radius 1 is 1.15 bits per heavy atom. The van der Waals surface area contributed by atoms with Crippen molar-refractivity contribution >= 4 is 0 Å². The second-order valence-corrected chi connectivity index (χ2v) is 4.80. The summed E-state index contributed by atoms with van der Waals surface area (Å²) in [5.74, 6) is -1.06. The van der Waals surface area contributed by atoms with E-state index < -0.39 is 11.6 Å². The Balaban J connectivity index is 1.84. The standard InChI is InChI=1S/C15H19F2N3/c1-3-20-15(6-11(2)19-20)10-18-5-4-12-7-13(16)9-14(17)8-12/h6-9,18H,3-5,10H2,1-2H3. The summed E-state index contributed by atoms with van der Waals surface area (Å²) < 4.78 is 28.0. The molecule has 3 nitrogen and oxygen atoms in total. The van der Waals surface area contributed by atoms with Crippen LogP contribution in [0, 0.1) is 18.6 Å². The lowest BCUT2D eigenvalue weighted by Gasteiger charge is -2.07. The number of aromatic nitrogens is 2. The maximum Gasteiger partial charge on any atom is 0.126 e. The van der Waals surface area contributed by atoms with Crippen LogP contribution in [0.25, 0.3) is 0 Å². The highest BCUT2D eigenvalue weighted by atomic mass is 19.1. The molecule has 0 aliphatic rings. The van der Waals surface area contributed by atoms with Crippen LogP contribution in [0.3, 0.4) is 0 Å². The molecule has 108 valence electrons. The van der Waals surface area contributed by atoms with Crippen LogP contribution in [-0.2, 0) is 19.5 Å². The molecule has 1 heterocycles. The van der Waals surface area contributed by atoms with Crippen molar-refractivity contribution in [1.82, 2.24) is 15.1 Å². The number of aryl methyl sites for hydroxylation is 2.